The number of nitrogens with zero attached hydrogens (tertiary/aromatic N) is 2. The summed E-state index contributed by atoms with van der Waals surface area (Å²) in [6, 6.07) is 5.90. The summed E-state index contributed by atoms with van der Waals surface area (Å²) >= 11 is 1.58. The van der Waals surface area contributed by atoms with Crippen molar-refractivity contribution in [1.82, 2.24) is 9.37 Å². The molecule has 2 atom stereocenters. The average molecular weight is 294 g/mol. The predicted molar refractivity (Wildman–Crippen MR) is 78.0 cm³/mol. The number of methoxy groups -OCH3 is 2. The maximum atomic E-state index is 5.65. The molecule has 2 aliphatic rings. The molecule has 0 bridgehead atoms. The van der Waals surface area contributed by atoms with Crippen molar-refractivity contribution in [3.05, 3.63) is 35.2 Å². The van der Waals surface area contributed by atoms with Gasteiger partial charge >= 0.3 is 0 Å². The summed E-state index contributed by atoms with van der Waals surface area (Å²) in [6.07, 6.45) is 2.14. The molecule has 0 saturated carbocycles. The molecule has 0 amide bonds. The molecule has 0 aromatic heterocycles. The minimum atomic E-state index is -0.334. The fourth-order valence-corrected chi connectivity index (χ4v) is 3.04. The number of rotatable bonds is 4. The van der Waals surface area contributed by atoms with Gasteiger partial charge in [0.15, 0.2) is 0 Å². The Morgan fingerprint density at radius 2 is 2.20 bits per heavy atom. The third-order valence-electron chi connectivity index (χ3n) is 3.58. The molecule has 1 fully saturated rings. The summed E-state index contributed by atoms with van der Waals surface area (Å²) in [5.41, 5.74) is 1.12. The molecule has 0 aliphatic carbocycles. The maximum absolute atomic E-state index is 5.65. The van der Waals surface area contributed by atoms with Gasteiger partial charge in [0, 0.05) is 24.7 Å². The summed E-state index contributed by atoms with van der Waals surface area (Å²) in [5, 5.41) is 2.05. The van der Waals surface area contributed by atoms with Gasteiger partial charge in [-0.25, -0.2) is 4.84 Å². The normalized spacial score (nSPS) is 28.6. The summed E-state index contributed by atoms with van der Waals surface area (Å²) in [4.78, 5) is 7.91. The highest BCUT2D eigenvalue weighted by Crippen LogP contribution is 2.46. The highest BCUT2D eigenvalue weighted by atomic mass is 32.2. The third kappa shape index (κ3) is 2.40. The number of hydrogen-bond acceptors (Lipinski definition) is 6. The lowest BCUT2D eigenvalue weighted by molar-refractivity contribution is 0.0973. The molecule has 1 aromatic carbocycles. The molecule has 3 rings (SSSR count). The van der Waals surface area contributed by atoms with Gasteiger partial charge in [-0.3, -0.25) is 4.90 Å². The zero-order chi connectivity index (χ0) is 14.2. The van der Waals surface area contributed by atoms with Crippen LogP contribution >= 0.6 is 11.9 Å². The van der Waals surface area contributed by atoms with Crippen molar-refractivity contribution >= 4 is 11.9 Å². The van der Waals surface area contributed by atoms with Gasteiger partial charge in [-0.15, -0.1) is 0 Å². The Morgan fingerprint density at radius 1 is 1.35 bits per heavy atom. The second-order valence-corrected chi connectivity index (χ2v) is 5.63. The second-order valence-electron chi connectivity index (χ2n) is 4.82. The Morgan fingerprint density at radius 3 is 2.95 bits per heavy atom. The van der Waals surface area contributed by atoms with Crippen LogP contribution in [0, 0.1) is 0 Å². The van der Waals surface area contributed by atoms with Gasteiger partial charge in [0.1, 0.15) is 11.5 Å². The predicted octanol–water partition coefficient (Wildman–Crippen LogP) is 2.60. The largest absolute Gasteiger partial charge is 0.497 e. The average Bonchev–Trinajstić information content (AvgIpc) is 3.15. The molecule has 5 nitrogen and oxygen atoms in total. The fraction of sp³-hybridized carbons (Fsp3) is 0.429. The van der Waals surface area contributed by atoms with Crippen LogP contribution in [0.4, 0.5) is 0 Å². The van der Waals surface area contributed by atoms with E-state index < -0.39 is 0 Å². The molecule has 1 saturated heterocycles. The highest BCUT2D eigenvalue weighted by molar-refractivity contribution is 7.99. The minimum absolute atomic E-state index is 0.334. The van der Waals surface area contributed by atoms with E-state index in [1.54, 1.807) is 26.2 Å². The van der Waals surface area contributed by atoms with Gasteiger partial charge in [-0.05, 0) is 30.3 Å². The SMILES string of the molecule is COc1ccc(CN2CC=CSN3OC23C)c(OC)c1. The zero-order valence-electron chi connectivity index (χ0n) is 11.8. The van der Waals surface area contributed by atoms with E-state index >= 15 is 0 Å². The first-order valence-electron chi connectivity index (χ1n) is 6.44. The smallest absolute Gasteiger partial charge is 0.230 e. The molecule has 1 aromatic rings. The van der Waals surface area contributed by atoms with Crippen LogP contribution in [0.3, 0.4) is 0 Å². The summed E-state index contributed by atoms with van der Waals surface area (Å²) < 4.78 is 12.6. The first-order chi connectivity index (χ1) is 9.67. The van der Waals surface area contributed by atoms with E-state index in [1.807, 2.05) is 22.7 Å². The van der Waals surface area contributed by atoms with Gasteiger partial charge in [0.25, 0.3) is 0 Å². The Hall–Kier alpha value is -1.21. The molecule has 0 radical (unpaired) electrons. The van der Waals surface area contributed by atoms with Crippen LogP contribution in [-0.2, 0) is 11.4 Å². The lowest BCUT2D eigenvalue weighted by atomic mass is 10.1. The maximum Gasteiger partial charge on any atom is 0.230 e. The van der Waals surface area contributed by atoms with E-state index in [0.717, 1.165) is 30.2 Å². The second kappa shape index (κ2) is 5.29. The molecule has 2 unspecified atom stereocenters. The molecule has 6 heteroatoms. The molecular weight excluding hydrogens is 276 g/mol. The van der Waals surface area contributed by atoms with Crippen LogP contribution in [-0.4, -0.2) is 36.0 Å². The summed E-state index contributed by atoms with van der Waals surface area (Å²) in [6.45, 7) is 3.67. The van der Waals surface area contributed by atoms with E-state index in [-0.39, 0.29) is 5.85 Å². The van der Waals surface area contributed by atoms with Crippen LogP contribution in [0.15, 0.2) is 29.7 Å². The van der Waals surface area contributed by atoms with Crippen LogP contribution in [0.5, 0.6) is 11.5 Å². The van der Waals surface area contributed by atoms with Gasteiger partial charge in [-0.2, -0.15) is 0 Å². The fourth-order valence-electron chi connectivity index (χ4n) is 2.27. The molecule has 0 N–H and O–H groups in total. The zero-order valence-corrected chi connectivity index (χ0v) is 12.6. The third-order valence-corrected chi connectivity index (χ3v) is 4.50. The first kappa shape index (κ1) is 13.8. The monoisotopic (exact) mass is 294 g/mol. The van der Waals surface area contributed by atoms with E-state index in [2.05, 4.69) is 23.3 Å². The van der Waals surface area contributed by atoms with Crippen molar-refractivity contribution in [2.24, 2.45) is 0 Å². The molecule has 108 valence electrons. The van der Waals surface area contributed by atoms with Gasteiger partial charge < -0.3 is 9.47 Å². The molecule has 2 aliphatic heterocycles. The van der Waals surface area contributed by atoms with Crippen LogP contribution in [0.2, 0.25) is 0 Å². The van der Waals surface area contributed by atoms with Crippen molar-refractivity contribution in [3.63, 3.8) is 0 Å². The van der Waals surface area contributed by atoms with Gasteiger partial charge in [-0.1, -0.05) is 16.6 Å². The summed E-state index contributed by atoms with van der Waals surface area (Å²) in [7, 11) is 3.33. The number of fused-ring (bicyclic) bond motifs is 1. The quantitative estimate of drug-likeness (QED) is 0.627. The highest BCUT2D eigenvalue weighted by Gasteiger charge is 2.56. The first-order valence-corrected chi connectivity index (χ1v) is 7.28. The Labute approximate surface area is 123 Å². The van der Waals surface area contributed by atoms with E-state index in [1.165, 1.54) is 0 Å². The lowest BCUT2D eigenvalue weighted by Gasteiger charge is -2.24. The van der Waals surface area contributed by atoms with Crippen LogP contribution in [0.25, 0.3) is 0 Å². The number of hydrogen-bond donors (Lipinski definition) is 0. The Bertz CT molecular complexity index is 537. The van der Waals surface area contributed by atoms with E-state index in [0.29, 0.717) is 0 Å². The lowest BCUT2D eigenvalue weighted by Crippen LogP contribution is -2.37. The van der Waals surface area contributed by atoms with Gasteiger partial charge in [0.2, 0.25) is 5.85 Å². The molecule has 0 spiro atoms. The van der Waals surface area contributed by atoms with Crippen molar-refractivity contribution in [2.45, 2.75) is 19.3 Å². The Kier molecular flexibility index (Phi) is 3.64. The van der Waals surface area contributed by atoms with Gasteiger partial charge in [0.05, 0.1) is 14.2 Å². The van der Waals surface area contributed by atoms with Crippen molar-refractivity contribution in [1.29, 1.82) is 0 Å². The topological polar surface area (TPSA) is 37.2 Å². The van der Waals surface area contributed by atoms with Crippen molar-refractivity contribution in [3.8, 4) is 11.5 Å². The van der Waals surface area contributed by atoms with E-state index in [9.17, 15) is 0 Å². The van der Waals surface area contributed by atoms with E-state index in [4.69, 9.17) is 14.3 Å². The molecule has 2 heterocycles. The van der Waals surface area contributed by atoms with Crippen molar-refractivity contribution < 1.29 is 14.3 Å². The number of ether oxygens (including phenoxy) is 2. The van der Waals surface area contributed by atoms with Crippen LogP contribution < -0.4 is 9.47 Å². The summed E-state index contributed by atoms with van der Waals surface area (Å²) in [5.74, 6) is 1.30. The number of hydroxylamine groups is 1. The van der Waals surface area contributed by atoms with Crippen LogP contribution in [0.1, 0.15) is 12.5 Å². The minimum Gasteiger partial charge on any atom is -0.497 e. The van der Waals surface area contributed by atoms with Crippen molar-refractivity contribution in [2.75, 3.05) is 20.8 Å². The molecular formula is C14H18N2O3S. The standard InChI is InChI=1S/C14H18N2O3S/c1-14-15(7-4-8-20-16(14)19-14)10-11-5-6-12(17-2)9-13(11)18-3/h4-6,8-9H,7,10H2,1-3H3. The molecule has 20 heavy (non-hydrogen) atoms. The Balaban J connectivity index is 1.82. The number of benzene rings is 1.